The van der Waals surface area contributed by atoms with Gasteiger partial charge in [-0.2, -0.15) is 13.5 Å². The topological polar surface area (TPSA) is 132 Å². The molecule has 1 aromatic heterocycles. The molecule has 2 aromatic rings. The van der Waals surface area contributed by atoms with Gasteiger partial charge in [0.25, 0.3) is 0 Å². The molecule has 30 heavy (non-hydrogen) atoms. The van der Waals surface area contributed by atoms with Crippen LogP contribution in [0, 0.1) is 5.92 Å². The molecule has 0 aliphatic carbocycles. The van der Waals surface area contributed by atoms with E-state index in [1.165, 1.54) is 0 Å². The monoisotopic (exact) mass is 434 g/mol. The first kappa shape index (κ1) is 25.5. The summed E-state index contributed by atoms with van der Waals surface area (Å²) in [6, 6.07) is 8.81. The number of nitrogens with zero attached hydrogens (tertiary/aromatic N) is 2. The van der Waals surface area contributed by atoms with Crippen molar-refractivity contribution < 1.29 is 9.21 Å². The van der Waals surface area contributed by atoms with E-state index in [4.69, 9.17) is 15.9 Å². The van der Waals surface area contributed by atoms with Gasteiger partial charge in [0.15, 0.2) is 11.7 Å². The number of carbonyl (C=O) groups is 1. The minimum Gasteiger partial charge on any atom is -0.438 e. The number of carbonyl (C=O) groups excluding carboxylic acids is 1. The molecule has 1 aromatic carbocycles. The van der Waals surface area contributed by atoms with Gasteiger partial charge in [-0.05, 0) is 25.2 Å². The van der Waals surface area contributed by atoms with Crippen molar-refractivity contribution in [3.63, 3.8) is 0 Å². The van der Waals surface area contributed by atoms with Crippen molar-refractivity contribution in [3.05, 3.63) is 42.4 Å². The van der Waals surface area contributed by atoms with Gasteiger partial charge >= 0.3 is 0 Å². The van der Waals surface area contributed by atoms with Gasteiger partial charge in [0.05, 0.1) is 12.2 Å². The number of aromatic nitrogens is 1. The molecular weight excluding hydrogens is 400 g/mol. The molecule has 0 saturated heterocycles. The van der Waals surface area contributed by atoms with Crippen LogP contribution < -0.4 is 22.1 Å². The van der Waals surface area contributed by atoms with Crippen molar-refractivity contribution in [1.82, 2.24) is 15.6 Å². The fourth-order valence-electron chi connectivity index (χ4n) is 2.90. The van der Waals surface area contributed by atoms with Gasteiger partial charge in [-0.15, -0.1) is 0 Å². The van der Waals surface area contributed by atoms with Gasteiger partial charge in [-0.3, -0.25) is 9.79 Å². The summed E-state index contributed by atoms with van der Waals surface area (Å²) in [6.45, 7) is 4.79. The standard InChI is InChI=1S/C21H32N6O2.H2S/c1-14(2)12-17(20-26-13-18(29-20)15-8-5-4-6-9-15)27-19(28)16(22)10-7-11-25-21(23)24-3;/h4-6,8-9,13-14,16-17H,7,10-12,22H2,1-3H3,(H,27,28)(H3,23,24,25);1H2/t16-,17+;/m1./s1. The third-order valence-electron chi connectivity index (χ3n) is 4.48. The van der Waals surface area contributed by atoms with E-state index in [0.29, 0.717) is 49.3 Å². The highest BCUT2D eigenvalue weighted by molar-refractivity contribution is 7.59. The second-order valence-corrected chi connectivity index (χ2v) is 7.40. The molecule has 1 heterocycles. The summed E-state index contributed by atoms with van der Waals surface area (Å²) in [5.41, 5.74) is 12.6. The summed E-state index contributed by atoms with van der Waals surface area (Å²) < 4.78 is 5.95. The molecule has 0 spiro atoms. The van der Waals surface area contributed by atoms with Crippen LogP contribution in [0.25, 0.3) is 11.3 Å². The lowest BCUT2D eigenvalue weighted by atomic mass is 10.0. The molecule has 0 saturated carbocycles. The van der Waals surface area contributed by atoms with Gasteiger partial charge in [0.2, 0.25) is 11.8 Å². The van der Waals surface area contributed by atoms with Gasteiger partial charge in [0, 0.05) is 19.2 Å². The van der Waals surface area contributed by atoms with Crippen molar-refractivity contribution in [2.45, 2.75) is 45.2 Å². The lowest BCUT2D eigenvalue weighted by Gasteiger charge is -2.20. The number of hydrogen-bond donors (Lipinski definition) is 4. The maximum atomic E-state index is 12.6. The first-order valence-corrected chi connectivity index (χ1v) is 9.94. The van der Waals surface area contributed by atoms with Gasteiger partial charge in [0.1, 0.15) is 6.04 Å². The van der Waals surface area contributed by atoms with Crippen molar-refractivity contribution in [1.29, 1.82) is 0 Å². The summed E-state index contributed by atoms with van der Waals surface area (Å²) in [6.07, 6.45) is 3.63. The average molecular weight is 435 g/mol. The van der Waals surface area contributed by atoms with Gasteiger partial charge in [-0.1, -0.05) is 44.2 Å². The Morgan fingerprint density at radius 2 is 1.97 bits per heavy atom. The number of aliphatic imine (C=N–C) groups is 1. The number of nitrogens with one attached hydrogen (secondary N) is 2. The molecule has 0 unspecified atom stereocenters. The Morgan fingerprint density at radius 3 is 2.60 bits per heavy atom. The van der Waals surface area contributed by atoms with E-state index in [2.05, 4.69) is 34.5 Å². The maximum Gasteiger partial charge on any atom is 0.237 e. The number of rotatable bonds is 10. The summed E-state index contributed by atoms with van der Waals surface area (Å²) in [5, 5.41) is 5.95. The van der Waals surface area contributed by atoms with Crippen LogP contribution in [0.3, 0.4) is 0 Å². The molecule has 166 valence electrons. The Bertz CT molecular complexity index is 794. The van der Waals surface area contributed by atoms with E-state index in [1.54, 1.807) is 13.2 Å². The maximum absolute atomic E-state index is 12.6. The van der Waals surface area contributed by atoms with Crippen LogP contribution in [-0.2, 0) is 4.79 Å². The summed E-state index contributed by atoms with van der Waals surface area (Å²) in [5.74, 6) is 1.68. The Morgan fingerprint density at radius 1 is 1.27 bits per heavy atom. The lowest BCUT2D eigenvalue weighted by Crippen LogP contribution is -2.43. The molecule has 0 aliphatic rings. The SMILES string of the molecule is CN=C(N)NCCC[C@@H](N)C(=O)N[C@@H](CC(C)C)c1ncc(-c2ccccc2)o1.S. The second-order valence-electron chi connectivity index (χ2n) is 7.40. The summed E-state index contributed by atoms with van der Waals surface area (Å²) in [7, 11) is 1.61. The molecule has 0 bridgehead atoms. The van der Waals surface area contributed by atoms with Crippen molar-refractivity contribution >= 4 is 25.4 Å². The summed E-state index contributed by atoms with van der Waals surface area (Å²) >= 11 is 0. The molecular formula is C21H34N6O2S. The molecule has 9 heteroatoms. The van der Waals surface area contributed by atoms with E-state index in [9.17, 15) is 4.79 Å². The Kier molecular flexibility index (Phi) is 11.0. The molecule has 1 amide bonds. The first-order valence-electron chi connectivity index (χ1n) is 9.94. The quantitative estimate of drug-likeness (QED) is 0.258. The van der Waals surface area contributed by atoms with Crippen LogP contribution in [0.1, 0.15) is 45.0 Å². The fourth-order valence-corrected chi connectivity index (χ4v) is 2.90. The smallest absolute Gasteiger partial charge is 0.237 e. The lowest BCUT2D eigenvalue weighted by molar-refractivity contribution is -0.123. The van der Waals surface area contributed by atoms with E-state index >= 15 is 0 Å². The number of guanidine groups is 1. The molecule has 0 fully saturated rings. The van der Waals surface area contributed by atoms with Crippen LogP contribution in [0.15, 0.2) is 45.9 Å². The van der Waals surface area contributed by atoms with Crippen LogP contribution in [-0.4, -0.2) is 36.5 Å². The third kappa shape index (κ3) is 8.08. The molecule has 2 rings (SSSR count). The summed E-state index contributed by atoms with van der Waals surface area (Å²) in [4.78, 5) is 20.8. The van der Waals surface area contributed by atoms with Crippen LogP contribution in [0.5, 0.6) is 0 Å². The minimum absolute atomic E-state index is 0. The fraction of sp³-hybridized carbons (Fsp3) is 0.476. The van der Waals surface area contributed by atoms with E-state index in [0.717, 1.165) is 5.56 Å². The Hall–Kier alpha value is -2.52. The van der Waals surface area contributed by atoms with Gasteiger partial charge < -0.3 is 26.5 Å². The normalized spacial score (nSPS) is 13.4. The zero-order valence-electron chi connectivity index (χ0n) is 17.9. The largest absolute Gasteiger partial charge is 0.438 e. The van der Waals surface area contributed by atoms with Crippen LogP contribution >= 0.6 is 13.5 Å². The van der Waals surface area contributed by atoms with E-state index in [1.807, 2.05) is 30.3 Å². The zero-order valence-corrected chi connectivity index (χ0v) is 18.9. The molecule has 6 N–H and O–H groups in total. The highest BCUT2D eigenvalue weighted by atomic mass is 32.1. The molecule has 2 atom stereocenters. The van der Waals surface area contributed by atoms with E-state index in [-0.39, 0.29) is 25.4 Å². The van der Waals surface area contributed by atoms with Crippen molar-refractivity contribution in [2.24, 2.45) is 22.4 Å². The Balaban J connectivity index is 0.00000450. The number of oxazole rings is 1. The third-order valence-corrected chi connectivity index (χ3v) is 4.48. The highest BCUT2D eigenvalue weighted by Gasteiger charge is 2.24. The predicted molar refractivity (Wildman–Crippen MR) is 125 cm³/mol. The Labute approximate surface area is 185 Å². The second kappa shape index (κ2) is 12.9. The predicted octanol–water partition coefficient (Wildman–Crippen LogP) is 2.30. The number of nitrogens with two attached hydrogens (primary N) is 2. The first-order chi connectivity index (χ1) is 13.9. The molecule has 0 aliphatic heterocycles. The van der Waals surface area contributed by atoms with Crippen LogP contribution in [0.4, 0.5) is 0 Å². The minimum atomic E-state index is -0.616. The molecule has 8 nitrogen and oxygen atoms in total. The van der Waals surface area contributed by atoms with E-state index < -0.39 is 6.04 Å². The van der Waals surface area contributed by atoms with Crippen molar-refractivity contribution in [2.75, 3.05) is 13.6 Å². The van der Waals surface area contributed by atoms with Crippen LogP contribution in [0.2, 0.25) is 0 Å². The number of amides is 1. The average Bonchev–Trinajstić information content (AvgIpc) is 3.20. The number of benzene rings is 1. The highest BCUT2D eigenvalue weighted by Crippen LogP contribution is 2.26. The van der Waals surface area contributed by atoms with Gasteiger partial charge in [-0.25, -0.2) is 4.98 Å². The van der Waals surface area contributed by atoms with Crippen molar-refractivity contribution in [3.8, 4) is 11.3 Å². The molecule has 0 radical (unpaired) electrons. The number of hydrogen-bond acceptors (Lipinski definition) is 5. The zero-order chi connectivity index (χ0) is 21.2.